The standard InChI is InChI=1S/C9H18O5/c1-4(2)8-6(11)5(3-10)7(12)9(13)14-8/h4-13H,3H2,1-2H3. The molecule has 0 aromatic carbocycles. The van der Waals surface area contributed by atoms with Gasteiger partial charge in [-0.05, 0) is 5.92 Å². The van der Waals surface area contributed by atoms with Crippen LogP contribution in [0.1, 0.15) is 13.8 Å². The molecule has 0 aliphatic carbocycles. The number of hydrogen-bond donors (Lipinski definition) is 4. The highest BCUT2D eigenvalue weighted by Crippen LogP contribution is 2.28. The van der Waals surface area contributed by atoms with Crippen molar-refractivity contribution in [2.45, 2.75) is 38.4 Å². The number of ether oxygens (including phenoxy) is 1. The molecule has 84 valence electrons. The van der Waals surface area contributed by atoms with Gasteiger partial charge in [-0.1, -0.05) is 13.8 Å². The lowest BCUT2D eigenvalue weighted by molar-refractivity contribution is -0.280. The first kappa shape index (κ1) is 11.9. The van der Waals surface area contributed by atoms with E-state index in [9.17, 15) is 15.3 Å². The maximum absolute atomic E-state index is 9.73. The summed E-state index contributed by atoms with van der Waals surface area (Å²) in [6.45, 7) is 3.31. The summed E-state index contributed by atoms with van der Waals surface area (Å²) >= 11 is 0. The van der Waals surface area contributed by atoms with E-state index in [0.717, 1.165) is 0 Å². The van der Waals surface area contributed by atoms with Crippen molar-refractivity contribution in [3.8, 4) is 0 Å². The molecule has 1 aliphatic rings. The molecular weight excluding hydrogens is 188 g/mol. The summed E-state index contributed by atoms with van der Waals surface area (Å²) in [7, 11) is 0. The molecule has 1 rings (SSSR count). The smallest absolute Gasteiger partial charge is 0.181 e. The SMILES string of the molecule is CC(C)C1OC(O)C(O)C(CO)C1O. The van der Waals surface area contributed by atoms with Gasteiger partial charge in [0.15, 0.2) is 6.29 Å². The van der Waals surface area contributed by atoms with E-state index in [1.165, 1.54) is 0 Å². The molecule has 4 N–H and O–H groups in total. The van der Waals surface area contributed by atoms with Gasteiger partial charge < -0.3 is 25.2 Å². The van der Waals surface area contributed by atoms with E-state index in [-0.39, 0.29) is 12.5 Å². The van der Waals surface area contributed by atoms with Crippen LogP contribution in [0.5, 0.6) is 0 Å². The molecule has 1 fully saturated rings. The monoisotopic (exact) mass is 206 g/mol. The van der Waals surface area contributed by atoms with Gasteiger partial charge in [-0.15, -0.1) is 0 Å². The molecule has 5 heteroatoms. The van der Waals surface area contributed by atoms with Crippen molar-refractivity contribution in [2.75, 3.05) is 6.61 Å². The van der Waals surface area contributed by atoms with Crippen LogP contribution < -0.4 is 0 Å². The average Bonchev–Trinajstić information content (AvgIpc) is 2.12. The van der Waals surface area contributed by atoms with Gasteiger partial charge in [0.25, 0.3) is 0 Å². The van der Waals surface area contributed by atoms with E-state index >= 15 is 0 Å². The Kier molecular flexibility index (Phi) is 3.86. The summed E-state index contributed by atoms with van der Waals surface area (Å²) in [4.78, 5) is 0. The van der Waals surface area contributed by atoms with Gasteiger partial charge in [-0.2, -0.15) is 0 Å². The van der Waals surface area contributed by atoms with Gasteiger partial charge in [0.05, 0.1) is 18.8 Å². The van der Waals surface area contributed by atoms with E-state index in [0.29, 0.717) is 0 Å². The Balaban J connectivity index is 2.75. The molecule has 0 aromatic heterocycles. The summed E-state index contributed by atoms with van der Waals surface area (Å²) in [5.74, 6) is -0.729. The Hall–Kier alpha value is -0.200. The third kappa shape index (κ3) is 2.07. The Morgan fingerprint density at radius 1 is 1.14 bits per heavy atom. The predicted molar refractivity (Wildman–Crippen MR) is 48.3 cm³/mol. The molecule has 0 aromatic rings. The highest BCUT2D eigenvalue weighted by Gasteiger charge is 2.44. The summed E-state index contributed by atoms with van der Waals surface area (Å²) < 4.78 is 5.05. The third-order valence-corrected chi connectivity index (χ3v) is 2.67. The zero-order valence-corrected chi connectivity index (χ0v) is 8.37. The first-order valence-corrected chi connectivity index (χ1v) is 4.79. The molecule has 1 aliphatic heterocycles. The van der Waals surface area contributed by atoms with Crippen molar-refractivity contribution in [1.82, 2.24) is 0 Å². The molecule has 5 nitrogen and oxygen atoms in total. The highest BCUT2D eigenvalue weighted by atomic mass is 16.6. The van der Waals surface area contributed by atoms with Crippen LogP contribution in [0, 0.1) is 11.8 Å². The van der Waals surface area contributed by atoms with Gasteiger partial charge in [0.1, 0.15) is 6.10 Å². The summed E-state index contributed by atoms with van der Waals surface area (Å²) in [5, 5.41) is 37.4. The minimum atomic E-state index is -1.33. The van der Waals surface area contributed by atoms with Gasteiger partial charge in [-0.25, -0.2) is 0 Å². The van der Waals surface area contributed by atoms with E-state index in [4.69, 9.17) is 9.84 Å². The van der Waals surface area contributed by atoms with E-state index in [1.54, 1.807) is 0 Å². The van der Waals surface area contributed by atoms with Gasteiger partial charge in [0.2, 0.25) is 0 Å². The number of aliphatic hydroxyl groups excluding tert-OH is 4. The van der Waals surface area contributed by atoms with Crippen LogP contribution in [0.15, 0.2) is 0 Å². The Morgan fingerprint density at radius 3 is 2.14 bits per heavy atom. The van der Waals surface area contributed by atoms with Crippen LogP contribution in [0.25, 0.3) is 0 Å². The maximum Gasteiger partial charge on any atom is 0.181 e. The van der Waals surface area contributed by atoms with Crippen molar-refractivity contribution in [3.05, 3.63) is 0 Å². The largest absolute Gasteiger partial charge is 0.396 e. The third-order valence-electron chi connectivity index (χ3n) is 2.67. The lowest BCUT2D eigenvalue weighted by Gasteiger charge is -2.41. The van der Waals surface area contributed by atoms with Crippen LogP contribution in [-0.2, 0) is 4.74 Å². The summed E-state index contributed by atoms with van der Waals surface area (Å²) in [5.41, 5.74) is 0. The predicted octanol–water partition coefficient (Wildman–Crippen LogP) is -1.31. The summed E-state index contributed by atoms with van der Waals surface area (Å²) in [6, 6.07) is 0. The summed E-state index contributed by atoms with van der Waals surface area (Å²) in [6.07, 6.45) is -4.06. The first-order chi connectivity index (χ1) is 6.49. The fourth-order valence-electron chi connectivity index (χ4n) is 1.75. The Morgan fingerprint density at radius 2 is 1.71 bits per heavy atom. The molecule has 1 saturated heterocycles. The normalized spacial score (nSPS) is 44.4. The molecule has 1 heterocycles. The zero-order valence-electron chi connectivity index (χ0n) is 8.37. The molecule has 0 spiro atoms. The topological polar surface area (TPSA) is 90.2 Å². The molecule has 14 heavy (non-hydrogen) atoms. The Bertz CT molecular complexity index is 182. The quantitative estimate of drug-likeness (QED) is 0.450. The fourth-order valence-corrected chi connectivity index (χ4v) is 1.75. The lowest BCUT2D eigenvalue weighted by Crippen LogP contribution is -2.56. The van der Waals surface area contributed by atoms with Crippen LogP contribution >= 0.6 is 0 Å². The molecule has 0 saturated carbocycles. The minimum absolute atomic E-state index is 0.0150. The first-order valence-electron chi connectivity index (χ1n) is 4.79. The Labute approximate surface area is 82.9 Å². The second kappa shape index (κ2) is 4.55. The zero-order chi connectivity index (χ0) is 10.9. The second-order valence-electron chi connectivity index (χ2n) is 4.06. The van der Waals surface area contributed by atoms with Crippen LogP contribution in [0.3, 0.4) is 0 Å². The van der Waals surface area contributed by atoms with Gasteiger partial charge in [-0.3, -0.25) is 0 Å². The van der Waals surface area contributed by atoms with Gasteiger partial charge in [0, 0.05) is 5.92 Å². The molecule has 5 atom stereocenters. The number of rotatable bonds is 2. The number of aliphatic hydroxyl groups is 4. The van der Waals surface area contributed by atoms with Gasteiger partial charge >= 0.3 is 0 Å². The minimum Gasteiger partial charge on any atom is -0.396 e. The van der Waals surface area contributed by atoms with Crippen LogP contribution in [0.2, 0.25) is 0 Å². The average molecular weight is 206 g/mol. The van der Waals surface area contributed by atoms with E-state index in [1.807, 2.05) is 13.8 Å². The van der Waals surface area contributed by atoms with E-state index in [2.05, 4.69) is 0 Å². The van der Waals surface area contributed by atoms with Crippen LogP contribution in [0.4, 0.5) is 0 Å². The molecule has 0 amide bonds. The van der Waals surface area contributed by atoms with Crippen molar-refractivity contribution >= 4 is 0 Å². The number of hydrogen-bond acceptors (Lipinski definition) is 5. The fraction of sp³-hybridized carbons (Fsp3) is 1.00. The molecule has 5 unspecified atom stereocenters. The second-order valence-corrected chi connectivity index (χ2v) is 4.06. The molecular formula is C9H18O5. The lowest BCUT2D eigenvalue weighted by atomic mass is 9.85. The van der Waals surface area contributed by atoms with E-state index < -0.39 is 30.5 Å². The highest BCUT2D eigenvalue weighted by molar-refractivity contribution is 4.89. The van der Waals surface area contributed by atoms with Crippen LogP contribution in [-0.4, -0.2) is 51.6 Å². The maximum atomic E-state index is 9.73. The van der Waals surface area contributed by atoms with Crippen molar-refractivity contribution in [2.24, 2.45) is 11.8 Å². The van der Waals surface area contributed by atoms with Crippen molar-refractivity contribution in [3.63, 3.8) is 0 Å². The van der Waals surface area contributed by atoms with Crippen molar-refractivity contribution in [1.29, 1.82) is 0 Å². The van der Waals surface area contributed by atoms with Crippen molar-refractivity contribution < 1.29 is 25.2 Å². The molecule has 0 radical (unpaired) electrons. The molecule has 0 bridgehead atoms.